The molecule has 3 aromatic rings. The molecule has 1 N–H and O–H groups in total. The first-order chi connectivity index (χ1) is 16.1. The Morgan fingerprint density at radius 2 is 1.79 bits per heavy atom. The lowest BCUT2D eigenvalue weighted by molar-refractivity contribution is 0.0213. The zero-order chi connectivity index (χ0) is 23.0. The van der Waals surface area contributed by atoms with Crippen molar-refractivity contribution in [2.45, 2.75) is 25.2 Å². The number of para-hydroxylation sites is 1. The third-order valence-corrected chi connectivity index (χ3v) is 5.75. The number of aliphatic hydroxyl groups is 1. The van der Waals surface area contributed by atoms with Crippen LogP contribution in [0.2, 0.25) is 5.02 Å². The normalized spacial score (nSPS) is 16.4. The predicted octanol–water partition coefficient (Wildman–Crippen LogP) is 4.91. The molecule has 0 unspecified atom stereocenters. The van der Waals surface area contributed by atoms with Crippen molar-refractivity contribution in [3.05, 3.63) is 101 Å². The predicted molar refractivity (Wildman–Crippen MR) is 127 cm³/mol. The van der Waals surface area contributed by atoms with Gasteiger partial charge in [-0.3, -0.25) is 4.90 Å². The van der Waals surface area contributed by atoms with Crippen LogP contribution in [-0.4, -0.2) is 47.6 Å². The Kier molecular flexibility index (Phi) is 7.94. The molecule has 0 bridgehead atoms. The molecule has 33 heavy (non-hydrogen) atoms. The SMILES string of the molecule is O[C@H](COc1ccccc1)CN(Cc1ccccc1Cl)C[C@H]1CC(c2ccc(F)cc2)=NO1. The third kappa shape index (κ3) is 6.78. The van der Waals surface area contributed by atoms with Gasteiger partial charge in [0.15, 0.2) is 0 Å². The fourth-order valence-corrected chi connectivity index (χ4v) is 3.95. The Morgan fingerprint density at radius 3 is 2.55 bits per heavy atom. The zero-order valence-electron chi connectivity index (χ0n) is 18.1. The van der Waals surface area contributed by atoms with E-state index in [1.807, 2.05) is 54.6 Å². The first-order valence-corrected chi connectivity index (χ1v) is 11.2. The summed E-state index contributed by atoms with van der Waals surface area (Å²) < 4.78 is 18.9. The minimum atomic E-state index is -0.702. The molecule has 0 spiro atoms. The highest BCUT2D eigenvalue weighted by molar-refractivity contribution is 6.31. The van der Waals surface area contributed by atoms with Crippen LogP contribution >= 0.6 is 11.6 Å². The Morgan fingerprint density at radius 1 is 1.06 bits per heavy atom. The number of hydrogen-bond donors (Lipinski definition) is 1. The van der Waals surface area contributed by atoms with E-state index in [0.29, 0.717) is 36.8 Å². The van der Waals surface area contributed by atoms with Crippen LogP contribution in [0.25, 0.3) is 0 Å². The minimum Gasteiger partial charge on any atom is -0.491 e. The second-order valence-corrected chi connectivity index (χ2v) is 8.45. The van der Waals surface area contributed by atoms with E-state index in [2.05, 4.69) is 10.1 Å². The van der Waals surface area contributed by atoms with Crippen LogP contribution in [0.15, 0.2) is 84.0 Å². The zero-order valence-corrected chi connectivity index (χ0v) is 18.9. The van der Waals surface area contributed by atoms with Gasteiger partial charge in [-0.1, -0.05) is 65.3 Å². The van der Waals surface area contributed by atoms with Gasteiger partial charge in [-0.15, -0.1) is 0 Å². The lowest BCUT2D eigenvalue weighted by Crippen LogP contribution is -2.39. The molecule has 0 amide bonds. The molecule has 0 aliphatic carbocycles. The highest BCUT2D eigenvalue weighted by Crippen LogP contribution is 2.21. The maximum atomic E-state index is 13.2. The van der Waals surface area contributed by atoms with Crippen molar-refractivity contribution >= 4 is 17.3 Å². The van der Waals surface area contributed by atoms with Crippen molar-refractivity contribution in [3.8, 4) is 5.75 Å². The molecule has 1 aliphatic heterocycles. The maximum Gasteiger partial charge on any atom is 0.145 e. The number of hydrogen-bond acceptors (Lipinski definition) is 5. The van der Waals surface area contributed by atoms with Gasteiger partial charge in [0.25, 0.3) is 0 Å². The van der Waals surface area contributed by atoms with Gasteiger partial charge in [-0.05, 0) is 41.5 Å². The number of nitrogens with zero attached hydrogens (tertiary/aromatic N) is 2. The first-order valence-electron chi connectivity index (χ1n) is 10.9. The quantitative estimate of drug-likeness (QED) is 0.459. The summed E-state index contributed by atoms with van der Waals surface area (Å²) in [5.74, 6) is 0.429. The van der Waals surface area contributed by atoms with E-state index in [4.69, 9.17) is 21.2 Å². The van der Waals surface area contributed by atoms with Gasteiger partial charge in [0, 0.05) is 31.1 Å². The van der Waals surface area contributed by atoms with Crippen LogP contribution in [0, 0.1) is 5.82 Å². The van der Waals surface area contributed by atoms with Crippen LogP contribution in [0.4, 0.5) is 4.39 Å². The molecule has 172 valence electrons. The minimum absolute atomic E-state index is 0.173. The molecule has 3 aromatic carbocycles. The van der Waals surface area contributed by atoms with Crippen molar-refractivity contribution in [1.29, 1.82) is 0 Å². The van der Waals surface area contributed by atoms with Gasteiger partial charge in [0.05, 0.1) is 5.71 Å². The monoisotopic (exact) mass is 468 g/mol. The Labute approximate surface area is 198 Å². The molecule has 0 fully saturated rings. The highest BCUT2D eigenvalue weighted by Gasteiger charge is 2.26. The average Bonchev–Trinajstić information content (AvgIpc) is 3.29. The summed E-state index contributed by atoms with van der Waals surface area (Å²) in [5.41, 5.74) is 2.59. The molecule has 7 heteroatoms. The van der Waals surface area contributed by atoms with Crippen LogP contribution in [0.5, 0.6) is 5.75 Å². The number of halogens is 2. The summed E-state index contributed by atoms with van der Waals surface area (Å²) in [6, 6.07) is 23.3. The number of benzene rings is 3. The molecule has 0 saturated heterocycles. The van der Waals surface area contributed by atoms with Gasteiger partial charge in [-0.2, -0.15) is 0 Å². The Balaban J connectivity index is 1.38. The lowest BCUT2D eigenvalue weighted by atomic mass is 10.0. The number of oxime groups is 1. The summed E-state index contributed by atoms with van der Waals surface area (Å²) >= 11 is 6.38. The van der Waals surface area contributed by atoms with Gasteiger partial charge >= 0.3 is 0 Å². The van der Waals surface area contributed by atoms with Crippen molar-refractivity contribution in [2.75, 3.05) is 19.7 Å². The van der Waals surface area contributed by atoms with E-state index in [1.54, 1.807) is 12.1 Å². The smallest absolute Gasteiger partial charge is 0.145 e. The third-order valence-electron chi connectivity index (χ3n) is 5.38. The molecule has 1 aliphatic rings. The molecule has 0 saturated carbocycles. The molecule has 0 radical (unpaired) electrons. The van der Waals surface area contributed by atoms with E-state index in [9.17, 15) is 9.50 Å². The van der Waals surface area contributed by atoms with E-state index in [1.165, 1.54) is 12.1 Å². The van der Waals surface area contributed by atoms with Gasteiger partial charge in [0.1, 0.15) is 30.4 Å². The van der Waals surface area contributed by atoms with Crippen molar-refractivity contribution in [2.24, 2.45) is 5.16 Å². The Bertz CT molecular complexity index is 1060. The maximum absolute atomic E-state index is 13.2. The van der Waals surface area contributed by atoms with Crippen LogP contribution in [0.1, 0.15) is 17.5 Å². The van der Waals surface area contributed by atoms with Gasteiger partial charge in [0.2, 0.25) is 0 Å². The molecule has 0 aromatic heterocycles. The van der Waals surface area contributed by atoms with Crippen molar-refractivity contribution < 1.29 is 19.1 Å². The van der Waals surface area contributed by atoms with Crippen LogP contribution in [-0.2, 0) is 11.4 Å². The standard InChI is InChI=1S/C26H26ClFN2O3/c27-25-9-5-4-6-20(25)15-30(16-22(31)18-32-23-7-2-1-3-8-23)17-24-14-26(29-33-24)19-10-12-21(28)13-11-19/h1-13,22,24,31H,14-18H2/t22-,24+/m0/s1. The van der Waals surface area contributed by atoms with Crippen molar-refractivity contribution in [3.63, 3.8) is 0 Å². The molecule has 5 nitrogen and oxygen atoms in total. The summed E-state index contributed by atoms with van der Waals surface area (Å²) in [6.07, 6.45) is -0.289. The summed E-state index contributed by atoms with van der Waals surface area (Å²) in [6.45, 7) is 1.64. The summed E-state index contributed by atoms with van der Waals surface area (Å²) in [7, 11) is 0. The molecule has 4 rings (SSSR count). The summed E-state index contributed by atoms with van der Waals surface area (Å²) in [5, 5.41) is 15.5. The second kappa shape index (κ2) is 11.3. The largest absolute Gasteiger partial charge is 0.491 e. The second-order valence-electron chi connectivity index (χ2n) is 8.04. The number of aliphatic hydroxyl groups excluding tert-OH is 1. The van der Waals surface area contributed by atoms with E-state index in [0.717, 1.165) is 16.8 Å². The fraction of sp³-hybridized carbons (Fsp3) is 0.269. The molecular formula is C26H26ClFN2O3. The number of ether oxygens (including phenoxy) is 1. The molecular weight excluding hydrogens is 443 g/mol. The van der Waals surface area contributed by atoms with E-state index in [-0.39, 0.29) is 18.5 Å². The Hall–Kier alpha value is -2.93. The lowest BCUT2D eigenvalue weighted by Gasteiger charge is -2.27. The highest BCUT2D eigenvalue weighted by atomic mass is 35.5. The van der Waals surface area contributed by atoms with E-state index >= 15 is 0 Å². The van der Waals surface area contributed by atoms with E-state index < -0.39 is 6.10 Å². The van der Waals surface area contributed by atoms with Gasteiger partial charge in [-0.25, -0.2) is 4.39 Å². The molecule has 2 atom stereocenters. The van der Waals surface area contributed by atoms with Crippen LogP contribution < -0.4 is 4.74 Å². The molecule has 1 heterocycles. The number of rotatable bonds is 10. The first kappa shape index (κ1) is 23.2. The summed E-state index contributed by atoms with van der Waals surface area (Å²) in [4.78, 5) is 7.76. The fourth-order valence-electron chi connectivity index (χ4n) is 3.76. The van der Waals surface area contributed by atoms with Crippen LogP contribution in [0.3, 0.4) is 0 Å². The van der Waals surface area contributed by atoms with Gasteiger partial charge < -0.3 is 14.7 Å². The average molecular weight is 469 g/mol. The topological polar surface area (TPSA) is 54.3 Å². The van der Waals surface area contributed by atoms with Crippen molar-refractivity contribution in [1.82, 2.24) is 4.90 Å².